The number of nitrogens with one attached hydrogen (secondary N) is 1. The highest BCUT2D eigenvalue weighted by Gasteiger charge is 1.84. The molecule has 0 aliphatic rings. The Morgan fingerprint density at radius 1 is 1.57 bits per heavy atom. The zero-order valence-corrected chi connectivity index (χ0v) is 8.73. The van der Waals surface area contributed by atoms with E-state index in [0.717, 1.165) is 0 Å². The lowest BCUT2D eigenvalue weighted by atomic mass is 10.2. The van der Waals surface area contributed by atoms with Gasteiger partial charge < -0.3 is 5.32 Å². The molecule has 0 aromatic carbocycles. The van der Waals surface area contributed by atoms with Gasteiger partial charge in [-0.1, -0.05) is 31.4 Å². The Hall–Kier alpha value is -1.33. The minimum Gasteiger partial charge on any atom is -0.309 e. The van der Waals surface area contributed by atoms with Gasteiger partial charge in [0, 0.05) is 5.57 Å². The first-order valence-electron chi connectivity index (χ1n) is 4.55. The monoisotopic (exact) mass is 193 g/mol. The van der Waals surface area contributed by atoms with Gasteiger partial charge in [-0.3, -0.25) is 0 Å². The van der Waals surface area contributed by atoms with Crippen LogP contribution in [0, 0.1) is 11.8 Å². The highest BCUT2D eigenvalue weighted by atomic mass is 19.1. The molecule has 0 aromatic rings. The molecule has 0 fully saturated rings. The van der Waals surface area contributed by atoms with E-state index in [1.54, 1.807) is 19.1 Å². The molecule has 14 heavy (non-hydrogen) atoms. The van der Waals surface area contributed by atoms with Gasteiger partial charge in [-0.15, -0.1) is 0 Å². The van der Waals surface area contributed by atoms with Gasteiger partial charge in [0.05, 0.1) is 12.4 Å². The van der Waals surface area contributed by atoms with Gasteiger partial charge >= 0.3 is 0 Å². The Morgan fingerprint density at radius 3 is 2.86 bits per heavy atom. The summed E-state index contributed by atoms with van der Waals surface area (Å²) in [6.45, 7) is 6.11. The Morgan fingerprint density at radius 2 is 2.29 bits per heavy atom. The van der Waals surface area contributed by atoms with Gasteiger partial charge in [-0.25, -0.2) is 4.39 Å². The number of halogens is 1. The van der Waals surface area contributed by atoms with Crippen LogP contribution in [0.5, 0.6) is 0 Å². The number of hydrogen-bond acceptors (Lipinski definition) is 1. The first-order chi connectivity index (χ1) is 6.70. The van der Waals surface area contributed by atoms with Gasteiger partial charge in [-0.05, 0) is 25.6 Å². The molecule has 0 bridgehead atoms. The summed E-state index contributed by atoms with van der Waals surface area (Å²) in [7, 11) is 1.83. The topological polar surface area (TPSA) is 12.0 Å². The summed E-state index contributed by atoms with van der Waals surface area (Å²) in [6.07, 6.45) is 5.15. The second kappa shape index (κ2) is 8.28. The number of hydrogen-bond donors (Lipinski definition) is 1. The lowest BCUT2D eigenvalue weighted by molar-refractivity contribution is 0.604. The smallest absolute Gasteiger partial charge is 0.0996 e. The van der Waals surface area contributed by atoms with Gasteiger partial charge in [0.15, 0.2) is 0 Å². The molecule has 0 saturated heterocycles. The zero-order valence-electron chi connectivity index (χ0n) is 8.73. The van der Waals surface area contributed by atoms with Crippen molar-refractivity contribution in [2.45, 2.75) is 13.3 Å². The third-order valence-corrected chi connectivity index (χ3v) is 1.43. The van der Waals surface area contributed by atoms with Crippen LogP contribution in [-0.4, -0.2) is 13.6 Å². The maximum atomic E-state index is 12.6. The molecule has 0 amide bonds. The van der Waals surface area contributed by atoms with Crippen molar-refractivity contribution in [1.29, 1.82) is 0 Å². The predicted molar refractivity (Wildman–Crippen MR) is 59.5 cm³/mol. The molecule has 0 radical (unpaired) electrons. The van der Waals surface area contributed by atoms with Crippen molar-refractivity contribution < 1.29 is 4.39 Å². The van der Waals surface area contributed by atoms with Crippen LogP contribution in [0.4, 0.5) is 4.39 Å². The molecule has 0 aliphatic carbocycles. The van der Waals surface area contributed by atoms with E-state index in [1.807, 2.05) is 7.05 Å². The van der Waals surface area contributed by atoms with E-state index >= 15 is 0 Å². The summed E-state index contributed by atoms with van der Waals surface area (Å²) in [5.74, 6) is 5.55. The van der Waals surface area contributed by atoms with Crippen LogP contribution in [0.25, 0.3) is 0 Å². The summed E-state index contributed by atoms with van der Waals surface area (Å²) < 4.78 is 12.6. The Labute approximate surface area is 85.4 Å². The molecular weight excluding hydrogens is 177 g/mol. The molecule has 0 rings (SSSR count). The first-order valence-corrected chi connectivity index (χ1v) is 4.55. The van der Waals surface area contributed by atoms with Crippen LogP contribution in [-0.2, 0) is 0 Å². The normalized spacial score (nSPS) is 11.2. The quantitative estimate of drug-likeness (QED) is 0.534. The number of rotatable bonds is 4. The lowest BCUT2D eigenvalue weighted by Crippen LogP contribution is -2.04. The predicted octanol–water partition coefficient (Wildman–Crippen LogP) is 2.59. The van der Waals surface area contributed by atoms with Crippen LogP contribution in [0.2, 0.25) is 0 Å². The SMILES string of the molecule is C=C(C#CCNC)/C=C\C=C(\F)CC. The molecule has 1 nitrogen and oxygen atoms in total. The van der Waals surface area contributed by atoms with E-state index in [2.05, 4.69) is 23.7 Å². The van der Waals surface area contributed by atoms with Crippen molar-refractivity contribution >= 4 is 0 Å². The number of allylic oxidation sites excluding steroid dienone is 5. The van der Waals surface area contributed by atoms with Gasteiger partial charge in [-0.2, -0.15) is 0 Å². The minimum atomic E-state index is -0.141. The second-order valence-corrected chi connectivity index (χ2v) is 2.68. The Balaban J connectivity index is 4.02. The lowest BCUT2D eigenvalue weighted by Gasteiger charge is -1.86. The maximum Gasteiger partial charge on any atom is 0.0996 e. The summed E-state index contributed by atoms with van der Waals surface area (Å²) in [5.41, 5.74) is 0.681. The largest absolute Gasteiger partial charge is 0.309 e. The van der Waals surface area contributed by atoms with E-state index in [1.165, 1.54) is 6.08 Å². The minimum absolute atomic E-state index is 0.141. The van der Waals surface area contributed by atoms with Crippen molar-refractivity contribution in [2.75, 3.05) is 13.6 Å². The van der Waals surface area contributed by atoms with Crippen LogP contribution in [0.1, 0.15) is 13.3 Å². The fraction of sp³-hybridized carbons (Fsp3) is 0.333. The average molecular weight is 193 g/mol. The highest BCUT2D eigenvalue weighted by molar-refractivity contribution is 5.37. The standard InChI is InChI=1S/C12H16FN/c1-4-12(13)9-5-7-11(2)8-6-10-14-3/h5,7,9,14H,2,4,10H2,1,3H3/b7-5-,12-9+. The third kappa shape index (κ3) is 7.33. The fourth-order valence-electron chi connectivity index (χ4n) is 0.674. The summed E-state index contributed by atoms with van der Waals surface area (Å²) in [5, 5.41) is 2.90. The van der Waals surface area contributed by atoms with Crippen molar-refractivity contribution in [1.82, 2.24) is 5.32 Å². The maximum absolute atomic E-state index is 12.6. The van der Waals surface area contributed by atoms with E-state index < -0.39 is 0 Å². The molecule has 0 unspecified atom stereocenters. The summed E-state index contributed by atoms with van der Waals surface area (Å²) >= 11 is 0. The van der Waals surface area contributed by atoms with Crippen molar-refractivity contribution in [3.63, 3.8) is 0 Å². The average Bonchev–Trinajstić information content (AvgIpc) is 2.18. The molecule has 0 atom stereocenters. The molecule has 1 N–H and O–H groups in total. The van der Waals surface area contributed by atoms with E-state index in [9.17, 15) is 4.39 Å². The molecular formula is C12H16FN. The second-order valence-electron chi connectivity index (χ2n) is 2.68. The summed E-state index contributed by atoms with van der Waals surface area (Å²) in [4.78, 5) is 0. The van der Waals surface area contributed by atoms with E-state index in [-0.39, 0.29) is 5.83 Å². The Kier molecular flexibility index (Phi) is 7.49. The van der Waals surface area contributed by atoms with Crippen LogP contribution < -0.4 is 5.32 Å². The van der Waals surface area contributed by atoms with Crippen molar-refractivity contribution in [3.05, 3.63) is 36.2 Å². The van der Waals surface area contributed by atoms with Crippen LogP contribution in [0.3, 0.4) is 0 Å². The highest BCUT2D eigenvalue weighted by Crippen LogP contribution is 2.01. The van der Waals surface area contributed by atoms with Gasteiger partial charge in [0.2, 0.25) is 0 Å². The third-order valence-electron chi connectivity index (χ3n) is 1.43. The molecule has 0 heterocycles. The fourth-order valence-corrected chi connectivity index (χ4v) is 0.674. The first kappa shape index (κ1) is 12.7. The zero-order chi connectivity index (χ0) is 10.8. The summed E-state index contributed by atoms with van der Waals surface area (Å²) in [6, 6.07) is 0. The molecule has 0 spiro atoms. The molecule has 0 aromatic heterocycles. The molecule has 76 valence electrons. The van der Waals surface area contributed by atoms with Gasteiger partial charge in [0.25, 0.3) is 0 Å². The molecule has 2 heteroatoms. The van der Waals surface area contributed by atoms with Crippen molar-refractivity contribution in [3.8, 4) is 11.8 Å². The van der Waals surface area contributed by atoms with Crippen LogP contribution >= 0.6 is 0 Å². The van der Waals surface area contributed by atoms with E-state index in [0.29, 0.717) is 18.5 Å². The van der Waals surface area contributed by atoms with E-state index in [4.69, 9.17) is 0 Å². The van der Waals surface area contributed by atoms with Crippen molar-refractivity contribution in [2.24, 2.45) is 0 Å². The van der Waals surface area contributed by atoms with Crippen LogP contribution in [0.15, 0.2) is 36.2 Å². The molecule has 0 saturated carbocycles. The Bertz CT molecular complexity index is 289. The molecule has 0 aliphatic heterocycles. The van der Waals surface area contributed by atoms with Gasteiger partial charge in [0.1, 0.15) is 0 Å².